The normalized spacial score (nSPS) is 19.3. The van der Waals surface area contributed by atoms with E-state index in [1.54, 1.807) is 0 Å². The van der Waals surface area contributed by atoms with Crippen LogP contribution >= 0.6 is 0 Å². The van der Waals surface area contributed by atoms with Gasteiger partial charge in [-0.2, -0.15) is 0 Å². The minimum atomic E-state index is -0.450. The van der Waals surface area contributed by atoms with Gasteiger partial charge in [-0.25, -0.2) is 0 Å². The van der Waals surface area contributed by atoms with Crippen LogP contribution in [0.3, 0.4) is 0 Å². The Morgan fingerprint density at radius 2 is 2.24 bits per heavy atom. The molecule has 1 aliphatic rings. The van der Waals surface area contributed by atoms with E-state index in [-0.39, 0.29) is 12.0 Å². The molecule has 4 heteroatoms. The van der Waals surface area contributed by atoms with Crippen LogP contribution in [0, 0.1) is 13.8 Å². The van der Waals surface area contributed by atoms with Gasteiger partial charge in [-0.3, -0.25) is 4.79 Å². The first-order chi connectivity index (χ1) is 10.1. The van der Waals surface area contributed by atoms with E-state index < -0.39 is 6.10 Å². The minimum absolute atomic E-state index is 0.0637. The van der Waals surface area contributed by atoms with E-state index in [9.17, 15) is 4.79 Å². The Kier molecular flexibility index (Phi) is 5.62. The van der Waals surface area contributed by atoms with Crippen LogP contribution in [0.15, 0.2) is 18.2 Å². The van der Waals surface area contributed by atoms with Crippen molar-refractivity contribution in [2.75, 3.05) is 13.2 Å². The third kappa shape index (κ3) is 4.46. The van der Waals surface area contributed by atoms with Crippen molar-refractivity contribution >= 4 is 5.91 Å². The highest BCUT2D eigenvalue weighted by molar-refractivity contribution is 5.81. The largest absolute Gasteiger partial charge is 0.481 e. The van der Waals surface area contributed by atoms with Crippen LogP contribution in [-0.4, -0.2) is 31.3 Å². The van der Waals surface area contributed by atoms with Crippen molar-refractivity contribution < 1.29 is 14.3 Å². The van der Waals surface area contributed by atoms with E-state index in [2.05, 4.69) is 12.2 Å². The van der Waals surface area contributed by atoms with E-state index in [0.29, 0.717) is 13.0 Å². The van der Waals surface area contributed by atoms with Gasteiger partial charge in [0.05, 0.1) is 6.10 Å². The maximum absolute atomic E-state index is 12.2. The van der Waals surface area contributed by atoms with Crippen molar-refractivity contribution in [2.24, 2.45) is 0 Å². The molecule has 1 amide bonds. The van der Waals surface area contributed by atoms with Crippen molar-refractivity contribution in [1.29, 1.82) is 0 Å². The van der Waals surface area contributed by atoms with Crippen molar-refractivity contribution in [1.82, 2.24) is 5.32 Å². The van der Waals surface area contributed by atoms with Gasteiger partial charge in [0.1, 0.15) is 5.75 Å². The number of amides is 1. The molecule has 116 valence electrons. The molecule has 0 radical (unpaired) electrons. The highest BCUT2D eigenvalue weighted by Gasteiger charge is 2.21. The van der Waals surface area contributed by atoms with Gasteiger partial charge < -0.3 is 14.8 Å². The summed E-state index contributed by atoms with van der Waals surface area (Å²) >= 11 is 0. The number of nitrogens with one attached hydrogen (secondary N) is 1. The van der Waals surface area contributed by atoms with Crippen LogP contribution in [-0.2, 0) is 9.53 Å². The zero-order valence-electron chi connectivity index (χ0n) is 13.1. The van der Waals surface area contributed by atoms with Crippen LogP contribution in [0.5, 0.6) is 5.75 Å². The molecule has 1 heterocycles. The molecule has 0 aromatic heterocycles. The Bertz CT molecular complexity index is 481. The summed E-state index contributed by atoms with van der Waals surface area (Å²) < 4.78 is 11.3. The maximum atomic E-state index is 12.2. The molecule has 1 aromatic carbocycles. The lowest BCUT2D eigenvalue weighted by Gasteiger charge is -2.19. The monoisotopic (exact) mass is 291 g/mol. The summed E-state index contributed by atoms with van der Waals surface area (Å²) in [7, 11) is 0. The average Bonchev–Trinajstić information content (AvgIpc) is 2.99. The molecule has 0 saturated carbocycles. The molecule has 1 saturated heterocycles. The maximum Gasteiger partial charge on any atom is 0.261 e. The van der Waals surface area contributed by atoms with Crippen LogP contribution in [0.1, 0.15) is 37.3 Å². The van der Waals surface area contributed by atoms with Gasteiger partial charge in [0.25, 0.3) is 5.91 Å². The van der Waals surface area contributed by atoms with E-state index in [4.69, 9.17) is 9.47 Å². The summed E-state index contributed by atoms with van der Waals surface area (Å²) in [6, 6.07) is 5.91. The minimum Gasteiger partial charge on any atom is -0.481 e. The van der Waals surface area contributed by atoms with E-state index >= 15 is 0 Å². The predicted octanol–water partition coefficient (Wildman–Crippen LogP) is 2.76. The van der Waals surface area contributed by atoms with Crippen molar-refractivity contribution in [3.63, 3.8) is 0 Å². The average molecular weight is 291 g/mol. The SMILES string of the molecule is CC[C@H](Oc1ccc(C)c(C)c1)C(=O)NC[C@@H]1CCCO1. The van der Waals surface area contributed by atoms with Gasteiger partial charge in [-0.1, -0.05) is 13.0 Å². The molecule has 0 aliphatic carbocycles. The molecule has 21 heavy (non-hydrogen) atoms. The predicted molar refractivity (Wildman–Crippen MR) is 82.6 cm³/mol. The van der Waals surface area contributed by atoms with Gasteiger partial charge in [0.2, 0.25) is 0 Å². The fourth-order valence-corrected chi connectivity index (χ4v) is 2.41. The number of carbonyl (C=O) groups excluding carboxylic acids is 1. The Morgan fingerprint density at radius 3 is 2.86 bits per heavy atom. The van der Waals surface area contributed by atoms with Crippen LogP contribution in [0.2, 0.25) is 0 Å². The molecule has 2 atom stereocenters. The summed E-state index contributed by atoms with van der Waals surface area (Å²) in [6.07, 6.45) is 2.46. The fourth-order valence-electron chi connectivity index (χ4n) is 2.41. The molecule has 1 aromatic rings. The Morgan fingerprint density at radius 1 is 1.43 bits per heavy atom. The summed E-state index contributed by atoms with van der Waals surface area (Å²) in [5, 5.41) is 2.93. The third-order valence-corrected chi connectivity index (χ3v) is 3.95. The molecule has 0 spiro atoms. The summed E-state index contributed by atoms with van der Waals surface area (Å²) in [5.74, 6) is 0.684. The van der Waals surface area contributed by atoms with Crippen molar-refractivity contribution in [3.05, 3.63) is 29.3 Å². The van der Waals surface area contributed by atoms with E-state index in [0.717, 1.165) is 25.2 Å². The molecule has 0 unspecified atom stereocenters. The quantitative estimate of drug-likeness (QED) is 0.876. The second-order valence-corrected chi connectivity index (χ2v) is 5.64. The van der Waals surface area contributed by atoms with Crippen LogP contribution < -0.4 is 10.1 Å². The molecule has 1 aliphatic heterocycles. The van der Waals surface area contributed by atoms with Crippen molar-refractivity contribution in [2.45, 2.75) is 52.2 Å². The second-order valence-electron chi connectivity index (χ2n) is 5.64. The van der Waals surface area contributed by atoms with Gasteiger partial charge in [-0.15, -0.1) is 0 Å². The van der Waals surface area contributed by atoms with Crippen LogP contribution in [0.4, 0.5) is 0 Å². The molecule has 1 fully saturated rings. The smallest absolute Gasteiger partial charge is 0.261 e. The summed E-state index contributed by atoms with van der Waals surface area (Å²) in [5.41, 5.74) is 2.39. The Hall–Kier alpha value is -1.55. The van der Waals surface area contributed by atoms with E-state index in [1.807, 2.05) is 32.0 Å². The molecular weight excluding hydrogens is 266 g/mol. The van der Waals surface area contributed by atoms with Gasteiger partial charge in [-0.05, 0) is 56.4 Å². The summed E-state index contributed by atoms with van der Waals surface area (Å²) in [6.45, 7) is 7.44. The molecule has 0 bridgehead atoms. The topological polar surface area (TPSA) is 47.6 Å². The molecule has 1 N–H and O–H groups in total. The Labute approximate surface area is 126 Å². The lowest BCUT2D eigenvalue weighted by Crippen LogP contribution is -2.41. The molecule has 4 nitrogen and oxygen atoms in total. The standard InChI is InChI=1S/C17H25NO3/c1-4-16(17(19)18-11-15-6-5-9-20-15)21-14-8-7-12(2)13(3)10-14/h7-8,10,15-16H,4-6,9,11H2,1-3H3,(H,18,19)/t15-,16-/m0/s1. The number of aryl methyl sites for hydroxylation is 2. The van der Waals surface area contributed by atoms with E-state index in [1.165, 1.54) is 11.1 Å². The zero-order chi connectivity index (χ0) is 15.2. The zero-order valence-corrected chi connectivity index (χ0v) is 13.1. The fraction of sp³-hybridized carbons (Fsp3) is 0.588. The van der Waals surface area contributed by atoms with Gasteiger partial charge in [0, 0.05) is 13.2 Å². The first-order valence-corrected chi connectivity index (χ1v) is 7.73. The highest BCUT2D eigenvalue weighted by atomic mass is 16.5. The second kappa shape index (κ2) is 7.46. The first-order valence-electron chi connectivity index (χ1n) is 7.73. The van der Waals surface area contributed by atoms with Crippen LogP contribution in [0.25, 0.3) is 0 Å². The summed E-state index contributed by atoms with van der Waals surface area (Å²) in [4.78, 5) is 12.2. The number of carbonyl (C=O) groups is 1. The number of hydrogen-bond donors (Lipinski definition) is 1. The lowest BCUT2D eigenvalue weighted by molar-refractivity contribution is -0.128. The van der Waals surface area contributed by atoms with Gasteiger partial charge in [0.15, 0.2) is 6.10 Å². The molecule has 2 rings (SSSR count). The van der Waals surface area contributed by atoms with Crippen molar-refractivity contribution in [3.8, 4) is 5.75 Å². The Balaban J connectivity index is 1.88. The number of hydrogen-bond acceptors (Lipinski definition) is 3. The molecular formula is C17H25NO3. The number of benzene rings is 1. The number of ether oxygens (including phenoxy) is 2. The van der Waals surface area contributed by atoms with Gasteiger partial charge >= 0.3 is 0 Å². The lowest BCUT2D eigenvalue weighted by atomic mass is 10.1. The first kappa shape index (κ1) is 15.8. The number of rotatable bonds is 6. The highest BCUT2D eigenvalue weighted by Crippen LogP contribution is 2.18. The third-order valence-electron chi connectivity index (χ3n) is 3.95.